The molecule has 2 atom stereocenters. The largest absolute Gasteiger partial charge is 0.444 e. The summed E-state index contributed by atoms with van der Waals surface area (Å²) >= 11 is 0. The lowest BCUT2D eigenvalue weighted by atomic mass is 9.88. The normalized spacial score (nSPS) is 28.6. The smallest absolute Gasteiger partial charge is 0.407 e. The van der Waals surface area contributed by atoms with Gasteiger partial charge in [-0.2, -0.15) is 0 Å². The van der Waals surface area contributed by atoms with Crippen molar-refractivity contribution in [3.8, 4) is 0 Å². The molecule has 0 aromatic rings. The number of hydrogen-bond acceptors (Lipinski definition) is 3. The highest BCUT2D eigenvalue weighted by Crippen LogP contribution is 2.32. The van der Waals surface area contributed by atoms with Gasteiger partial charge in [0.1, 0.15) is 5.60 Å². The van der Waals surface area contributed by atoms with Gasteiger partial charge in [-0.25, -0.2) is 13.6 Å². The van der Waals surface area contributed by atoms with Crippen LogP contribution in [-0.4, -0.2) is 29.7 Å². The Morgan fingerprint density at radius 1 is 1.47 bits per heavy atom. The van der Waals surface area contributed by atoms with E-state index in [9.17, 15) is 13.6 Å². The lowest BCUT2D eigenvalue weighted by Crippen LogP contribution is -2.59. The van der Waals surface area contributed by atoms with E-state index in [0.29, 0.717) is 12.8 Å². The maximum absolute atomic E-state index is 13.3. The van der Waals surface area contributed by atoms with Crippen molar-refractivity contribution in [2.75, 3.05) is 0 Å². The van der Waals surface area contributed by atoms with Crippen LogP contribution in [0.15, 0.2) is 0 Å². The van der Waals surface area contributed by atoms with Gasteiger partial charge < -0.3 is 15.8 Å². The molecule has 1 saturated carbocycles. The van der Waals surface area contributed by atoms with Crippen molar-refractivity contribution < 1.29 is 18.3 Å². The molecule has 4 nitrogen and oxygen atoms in total. The molecule has 0 saturated heterocycles. The van der Waals surface area contributed by atoms with E-state index in [1.165, 1.54) is 0 Å². The fourth-order valence-corrected chi connectivity index (χ4v) is 1.82. The number of nitrogens with two attached hydrogens (primary N) is 1. The summed E-state index contributed by atoms with van der Waals surface area (Å²) in [6, 6.07) is -2.07. The predicted octanol–water partition coefficient (Wildman–Crippen LogP) is 2.03. The molecular formula is C11H20F2N2O2. The summed E-state index contributed by atoms with van der Waals surface area (Å²) in [7, 11) is 0. The van der Waals surface area contributed by atoms with E-state index in [0.717, 1.165) is 0 Å². The van der Waals surface area contributed by atoms with Crippen LogP contribution >= 0.6 is 0 Å². The molecule has 0 aliphatic heterocycles. The highest BCUT2D eigenvalue weighted by atomic mass is 19.3. The van der Waals surface area contributed by atoms with Gasteiger partial charge in [-0.15, -0.1) is 0 Å². The highest BCUT2D eigenvalue weighted by molar-refractivity contribution is 5.68. The van der Waals surface area contributed by atoms with Gasteiger partial charge in [0.2, 0.25) is 0 Å². The van der Waals surface area contributed by atoms with Crippen LogP contribution in [0.4, 0.5) is 13.6 Å². The first kappa shape index (κ1) is 14.2. The molecule has 0 spiro atoms. The average molecular weight is 250 g/mol. The molecule has 3 N–H and O–H groups in total. The number of hydrogen-bond donors (Lipinski definition) is 2. The zero-order chi connectivity index (χ0) is 13.3. The molecule has 1 rings (SSSR count). The Balaban J connectivity index is 2.54. The van der Waals surface area contributed by atoms with Crippen LogP contribution in [0.2, 0.25) is 0 Å². The minimum absolute atomic E-state index is 0.222. The summed E-state index contributed by atoms with van der Waals surface area (Å²) in [6.45, 7) is 5.13. The molecule has 17 heavy (non-hydrogen) atoms. The Kier molecular flexibility index (Phi) is 3.96. The standard InChI is InChI=1S/C11H20F2N2O2/c1-10(2,3)17-9(16)15-7-5-4-6-11(12,13)8(7)14/h7-8H,4-6,14H2,1-3H3,(H,15,16). The van der Waals surface area contributed by atoms with Gasteiger partial charge in [0.25, 0.3) is 5.92 Å². The molecular weight excluding hydrogens is 230 g/mol. The molecule has 0 aromatic carbocycles. The fraction of sp³-hybridized carbons (Fsp3) is 0.909. The Morgan fingerprint density at radius 2 is 2.06 bits per heavy atom. The van der Waals surface area contributed by atoms with Gasteiger partial charge in [-0.05, 0) is 33.6 Å². The summed E-state index contributed by atoms with van der Waals surface area (Å²) in [5.41, 5.74) is 4.80. The number of ether oxygens (including phenoxy) is 1. The van der Waals surface area contributed by atoms with Gasteiger partial charge in [-0.3, -0.25) is 0 Å². The lowest BCUT2D eigenvalue weighted by molar-refractivity contribution is -0.0629. The first-order valence-electron chi connectivity index (χ1n) is 5.75. The SMILES string of the molecule is CC(C)(C)OC(=O)NC1CCCC(F)(F)C1N. The van der Waals surface area contributed by atoms with Crippen LogP contribution < -0.4 is 11.1 Å². The third kappa shape index (κ3) is 4.11. The summed E-state index contributed by atoms with van der Waals surface area (Å²) < 4.78 is 31.6. The van der Waals surface area contributed by atoms with Crippen molar-refractivity contribution in [3.05, 3.63) is 0 Å². The number of rotatable bonds is 1. The average Bonchev–Trinajstić information content (AvgIpc) is 2.09. The summed E-state index contributed by atoms with van der Waals surface area (Å²) in [5, 5.41) is 2.41. The Morgan fingerprint density at radius 3 is 2.59 bits per heavy atom. The molecule has 0 bridgehead atoms. The van der Waals surface area contributed by atoms with E-state index in [4.69, 9.17) is 10.5 Å². The Labute approximate surface area is 99.9 Å². The number of halogens is 2. The molecule has 2 unspecified atom stereocenters. The van der Waals surface area contributed by atoms with Gasteiger partial charge >= 0.3 is 6.09 Å². The van der Waals surface area contributed by atoms with Crippen LogP contribution in [0.1, 0.15) is 40.0 Å². The van der Waals surface area contributed by atoms with E-state index in [2.05, 4.69) is 5.32 Å². The van der Waals surface area contributed by atoms with E-state index in [1.807, 2.05) is 0 Å². The zero-order valence-electron chi connectivity index (χ0n) is 10.4. The summed E-state index contributed by atoms with van der Waals surface area (Å²) in [4.78, 5) is 11.4. The van der Waals surface area contributed by atoms with Crippen LogP contribution in [0, 0.1) is 0 Å². The summed E-state index contributed by atoms with van der Waals surface area (Å²) in [6.07, 6.45) is -0.117. The highest BCUT2D eigenvalue weighted by Gasteiger charge is 2.45. The van der Waals surface area contributed by atoms with E-state index >= 15 is 0 Å². The van der Waals surface area contributed by atoms with Crippen molar-refractivity contribution >= 4 is 6.09 Å². The second kappa shape index (κ2) is 4.76. The first-order valence-corrected chi connectivity index (χ1v) is 5.75. The van der Waals surface area contributed by atoms with E-state index in [1.54, 1.807) is 20.8 Å². The number of alkyl carbamates (subject to hydrolysis) is 1. The van der Waals surface area contributed by atoms with Crippen molar-refractivity contribution in [2.24, 2.45) is 5.73 Å². The molecule has 100 valence electrons. The minimum atomic E-state index is -2.92. The molecule has 6 heteroatoms. The third-order valence-electron chi connectivity index (χ3n) is 2.65. The first-order chi connectivity index (χ1) is 7.62. The van der Waals surface area contributed by atoms with Gasteiger partial charge in [0.15, 0.2) is 0 Å². The molecule has 1 fully saturated rings. The third-order valence-corrected chi connectivity index (χ3v) is 2.65. The maximum atomic E-state index is 13.3. The fourth-order valence-electron chi connectivity index (χ4n) is 1.82. The minimum Gasteiger partial charge on any atom is -0.444 e. The second-order valence-corrected chi connectivity index (χ2v) is 5.43. The number of amides is 1. The van der Waals surface area contributed by atoms with Crippen LogP contribution in [0.5, 0.6) is 0 Å². The number of alkyl halides is 2. The van der Waals surface area contributed by atoms with Crippen molar-refractivity contribution in [3.63, 3.8) is 0 Å². The second-order valence-electron chi connectivity index (χ2n) is 5.43. The zero-order valence-corrected chi connectivity index (χ0v) is 10.4. The maximum Gasteiger partial charge on any atom is 0.407 e. The van der Waals surface area contributed by atoms with Crippen LogP contribution in [0.25, 0.3) is 0 Å². The molecule has 1 aliphatic rings. The van der Waals surface area contributed by atoms with E-state index < -0.39 is 29.7 Å². The quantitative estimate of drug-likeness (QED) is 0.748. The van der Waals surface area contributed by atoms with Crippen LogP contribution in [-0.2, 0) is 4.74 Å². The molecule has 0 aromatic heterocycles. The predicted molar refractivity (Wildman–Crippen MR) is 59.9 cm³/mol. The van der Waals surface area contributed by atoms with Crippen molar-refractivity contribution in [2.45, 2.75) is 63.6 Å². The van der Waals surface area contributed by atoms with Crippen molar-refractivity contribution in [1.82, 2.24) is 5.32 Å². The monoisotopic (exact) mass is 250 g/mol. The Hall–Kier alpha value is -0.910. The summed E-state index contributed by atoms with van der Waals surface area (Å²) in [5.74, 6) is -2.92. The molecule has 0 heterocycles. The van der Waals surface area contributed by atoms with Crippen LogP contribution in [0.3, 0.4) is 0 Å². The van der Waals surface area contributed by atoms with Crippen molar-refractivity contribution in [1.29, 1.82) is 0 Å². The van der Waals surface area contributed by atoms with Gasteiger partial charge in [0, 0.05) is 6.42 Å². The van der Waals surface area contributed by atoms with Gasteiger partial charge in [-0.1, -0.05) is 0 Å². The molecule has 1 amide bonds. The number of carbonyl (C=O) groups is 1. The number of carbonyl (C=O) groups excluding carboxylic acids is 1. The molecule has 1 aliphatic carbocycles. The van der Waals surface area contributed by atoms with E-state index in [-0.39, 0.29) is 6.42 Å². The number of nitrogens with one attached hydrogen (secondary N) is 1. The lowest BCUT2D eigenvalue weighted by Gasteiger charge is -2.36. The topological polar surface area (TPSA) is 64.3 Å². The Bertz CT molecular complexity index is 290. The van der Waals surface area contributed by atoms with Gasteiger partial charge in [0.05, 0.1) is 12.1 Å². The molecule has 0 radical (unpaired) electrons.